The number of carbonyl (C=O) groups is 1. The van der Waals surface area contributed by atoms with Gasteiger partial charge in [0.05, 0.1) is 25.3 Å². The average Bonchev–Trinajstić information content (AvgIpc) is 2.73. The molecule has 0 aliphatic rings. The molecule has 0 spiro atoms. The number of phenolic OH excluding ortho intramolecular Hbond substituents is 1. The molecule has 2 N–H and O–H groups in total. The highest BCUT2D eigenvalue weighted by Crippen LogP contribution is 2.36. The van der Waals surface area contributed by atoms with E-state index in [4.69, 9.17) is 14.2 Å². The van der Waals surface area contributed by atoms with Crippen molar-refractivity contribution in [2.24, 2.45) is 0 Å². The van der Waals surface area contributed by atoms with Crippen molar-refractivity contribution in [1.82, 2.24) is 5.32 Å². The predicted molar refractivity (Wildman–Crippen MR) is 112 cm³/mol. The number of halogens is 1. The smallest absolute Gasteiger partial charge is 0.262 e. The van der Waals surface area contributed by atoms with E-state index < -0.39 is 5.91 Å². The minimum Gasteiger partial charge on any atom is -0.503 e. The number of benzene rings is 2. The molecule has 0 fully saturated rings. The fourth-order valence-corrected chi connectivity index (χ4v) is 2.99. The number of rotatable bonds is 8. The fourth-order valence-electron chi connectivity index (χ4n) is 2.53. The second kappa shape index (κ2) is 10.4. The molecule has 2 rings (SSSR count). The number of nitrogens with one attached hydrogen (secondary N) is 1. The Morgan fingerprint density at radius 2 is 2.00 bits per heavy atom. The van der Waals surface area contributed by atoms with E-state index in [2.05, 4.69) is 21.2 Å². The van der Waals surface area contributed by atoms with Gasteiger partial charge >= 0.3 is 0 Å². The summed E-state index contributed by atoms with van der Waals surface area (Å²) in [6.45, 7) is 2.33. The summed E-state index contributed by atoms with van der Waals surface area (Å²) in [5.74, 6) is 0.883. The van der Waals surface area contributed by atoms with Crippen molar-refractivity contribution in [3.05, 3.63) is 51.5 Å². The molecule has 0 aliphatic carbocycles. The highest BCUT2D eigenvalue weighted by atomic mass is 79.9. The van der Waals surface area contributed by atoms with Gasteiger partial charge < -0.3 is 24.6 Å². The van der Waals surface area contributed by atoms with E-state index in [1.165, 1.54) is 13.2 Å². The number of amides is 1. The maximum Gasteiger partial charge on any atom is 0.262 e. The largest absolute Gasteiger partial charge is 0.503 e. The number of hydrogen-bond acceptors (Lipinski definition) is 6. The van der Waals surface area contributed by atoms with Crippen LogP contribution in [0.5, 0.6) is 23.0 Å². The molecule has 0 unspecified atom stereocenters. The van der Waals surface area contributed by atoms with Gasteiger partial charge in [0.2, 0.25) is 0 Å². The summed E-state index contributed by atoms with van der Waals surface area (Å²) in [4.78, 5) is 12.5. The lowest BCUT2D eigenvalue weighted by atomic mass is 10.1. The van der Waals surface area contributed by atoms with Gasteiger partial charge in [0.15, 0.2) is 11.5 Å². The van der Waals surface area contributed by atoms with E-state index in [1.54, 1.807) is 44.4 Å². The van der Waals surface area contributed by atoms with Gasteiger partial charge in [-0.05, 0) is 58.8 Å². The van der Waals surface area contributed by atoms with Crippen molar-refractivity contribution in [2.45, 2.75) is 13.5 Å². The second-order valence-electron chi connectivity index (χ2n) is 5.81. The lowest BCUT2D eigenvalue weighted by Crippen LogP contribution is -2.24. The Kier molecular flexibility index (Phi) is 7.92. The standard InChI is InChI=1S/C21H21BrN2O5/c1-4-29-19-9-13(8-17(22)20(19)25)7-15(11-23)21(26)24-12-14-5-6-16(27-2)10-18(14)28-3/h5-10,25H,4,12H2,1-3H3,(H,24,26)/b15-7+. The third kappa shape index (κ3) is 5.65. The van der Waals surface area contributed by atoms with Crippen molar-refractivity contribution in [1.29, 1.82) is 5.26 Å². The third-order valence-electron chi connectivity index (χ3n) is 3.96. The van der Waals surface area contributed by atoms with Crippen LogP contribution in [0, 0.1) is 11.3 Å². The lowest BCUT2D eigenvalue weighted by molar-refractivity contribution is -0.117. The molecule has 8 heteroatoms. The first-order chi connectivity index (χ1) is 13.9. The number of nitrogens with zero attached hydrogens (tertiary/aromatic N) is 1. The Hall–Kier alpha value is -3.18. The van der Waals surface area contributed by atoms with Crippen LogP contribution in [0.2, 0.25) is 0 Å². The molecule has 0 aromatic heterocycles. The summed E-state index contributed by atoms with van der Waals surface area (Å²) in [6, 6.07) is 10.3. The van der Waals surface area contributed by atoms with E-state index in [0.29, 0.717) is 28.1 Å². The SMILES string of the molecule is CCOc1cc(/C=C(\C#N)C(=O)NCc2ccc(OC)cc2OC)cc(Br)c1O. The van der Waals surface area contributed by atoms with Crippen LogP contribution in [-0.2, 0) is 11.3 Å². The molecule has 0 atom stereocenters. The van der Waals surface area contributed by atoms with Gasteiger partial charge in [-0.15, -0.1) is 0 Å². The van der Waals surface area contributed by atoms with Gasteiger partial charge in [-0.1, -0.05) is 0 Å². The second-order valence-corrected chi connectivity index (χ2v) is 6.67. The van der Waals surface area contributed by atoms with Crippen molar-refractivity contribution >= 4 is 27.9 Å². The number of methoxy groups -OCH3 is 2. The molecule has 2 aromatic rings. The van der Waals surface area contributed by atoms with E-state index in [0.717, 1.165) is 5.56 Å². The first-order valence-electron chi connectivity index (χ1n) is 8.69. The van der Waals surface area contributed by atoms with Crippen LogP contribution in [-0.4, -0.2) is 31.8 Å². The van der Waals surface area contributed by atoms with Crippen molar-refractivity contribution in [2.75, 3.05) is 20.8 Å². The molecule has 0 aliphatic heterocycles. The first kappa shape index (κ1) is 22.1. The number of phenols is 1. The summed E-state index contributed by atoms with van der Waals surface area (Å²) < 4.78 is 16.2. The molecule has 2 aromatic carbocycles. The molecule has 0 bridgehead atoms. The van der Waals surface area contributed by atoms with E-state index in [-0.39, 0.29) is 23.6 Å². The Labute approximate surface area is 177 Å². The molecule has 29 heavy (non-hydrogen) atoms. The maximum atomic E-state index is 12.5. The van der Waals surface area contributed by atoms with Gasteiger partial charge in [0.1, 0.15) is 23.1 Å². The molecular formula is C21H21BrN2O5. The summed E-state index contributed by atoms with van der Waals surface area (Å²) in [6.07, 6.45) is 1.42. The predicted octanol–water partition coefficient (Wildman–Crippen LogP) is 3.79. The quantitative estimate of drug-likeness (QED) is 0.458. The molecule has 1 amide bonds. The van der Waals surface area contributed by atoms with E-state index in [1.807, 2.05) is 6.07 Å². The number of nitriles is 1. The number of aromatic hydroxyl groups is 1. The zero-order valence-electron chi connectivity index (χ0n) is 16.3. The molecule has 0 saturated carbocycles. The highest BCUT2D eigenvalue weighted by Gasteiger charge is 2.13. The van der Waals surface area contributed by atoms with Crippen molar-refractivity contribution in [3.63, 3.8) is 0 Å². The molecule has 0 saturated heterocycles. The summed E-state index contributed by atoms with van der Waals surface area (Å²) in [7, 11) is 3.08. The summed E-state index contributed by atoms with van der Waals surface area (Å²) in [5, 5.41) is 22.1. The van der Waals surface area contributed by atoms with Crippen LogP contribution in [0.25, 0.3) is 6.08 Å². The van der Waals surface area contributed by atoms with Crippen LogP contribution in [0.3, 0.4) is 0 Å². The minimum absolute atomic E-state index is 0.0430. The van der Waals surface area contributed by atoms with Gasteiger partial charge in [-0.25, -0.2) is 0 Å². The molecule has 152 valence electrons. The Bertz CT molecular complexity index is 966. The zero-order chi connectivity index (χ0) is 21.4. The number of ether oxygens (including phenoxy) is 3. The van der Waals surface area contributed by atoms with Gasteiger partial charge in [-0.3, -0.25) is 4.79 Å². The Morgan fingerprint density at radius 1 is 1.24 bits per heavy atom. The first-order valence-corrected chi connectivity index (χ1v) is 9.49. The van der Waals surface area contributed by atoms with Crippen molar-refractivity contribution < 1.29 is 24.1 Å². The average molecular weight is 461 g/mol. The highest BCUT2D eigenvalue weighted by molar-refractivity contribution is 9.10. The fraction of sp³-hybridized carbons (Fsp3) is 0.238. The van der Waals surface area contributed by atoms with Crippen LogP contribution >= 0.6 is 15.9 Å². The monoisotopic (exact) mass is 460 g/mol. The number of hydrogen-bond donors (Lipinski definition) is 2. The zero-order valence-corrected chi connectivity index (χ0v) is 17.9. The van der Waals surface area contributed by atoms with E-state index >= 15 is 0 Å². The van der Waals surface area contributed by atoms with Gasteiger partial charge in [0, 0.05) is 18.2 Å². The summed E-state index contributed by atoms with van der Waals surface area (Å²) >= 11 is 3.24. The molecule has 0 heterocycles. The summed E-state index contributed by atoms with van der Waals surface area (Å²) in [5.41, 5.74) is 1.19. The van der Waals surface area contributed by atoms with Crippen LogP contribution < -0.4 is 19.5 Å². The maximum absolute atomic E-state index is 12.5. The van der Waals surface area contributed by atoms with Crippen LogP contribution in [0.15, 0.2) is 40.4 Å². The van der Waals surface area contributed by atoms with Gasteiger partial charge in [0.25, 0.3) is 5.91 Å². The Balaban J connectivity index is 2.20. The van der Waals surface area contributed by atoms with E-state index in [9.17, 15) is 15.2 Å². The topological polar surface area (TPSA) is 101 Å². The van der Waals surface area contributed by atoms with Gasteiger partial charge in [-0.2, -0.15) is 5.26 Å². The normalized spacial score (nSPS) is 10.8. The molecular weight excluding hydrogens is 440 g/mol. The van der Waals surface area contributed by atoms with Crippen LogP contribution in [0.1, 0.15) is 18.1 Å². The van der Waals surface area contributed by atoms with Crippen molar-refractivity contribution in [3.8, 4) is 29.1 Å². The molecule has 7 nitrogen and oxygen atoms in total. The lowest BCUT2D eigenvalue weighted by Gasteiger charge is -2.11. The minimum atomic E-state index is -0.535. The third-order valence-corrected chi connectivity index (χ3v) is 4.56. The number of carbonyl (C=O) groups excluding carboxylic acids is 1. The van der Waals surface area contributed by atoms with Crippen LogP contribution in [0.4, 0.5) is 0 Å². The molecule has 0 radical (unpaired) electrons. The Morgan fingerprint density at radius 3 is 2.62 bits per heavy atom.